The Kier molecular flexibility index (Phi) is 3.08. The lowest BCUT2D eigenvalue weighted by Crippen LogP contribution is -2.21. The summed E-state index contributed by atoms with van der Waals surface area (Å²) >= 11 is 1.51. The molecular formula is C9H12N4OS. The van der Waals surface area contributed by atoms with Crippen molar-refractivity contribution in [3.8, 4) is 11.5 Å². The molecule has 1 N–H and O–H groups in total. The second-order valence-corrected chi connectivity index (χ2v) is 4.14. The Hall–Kier alpha value is -1.27. The monoisotopic (exact) mass is 224 g/mol. The van der Waals surface area contributed by atoms with Crippen LogP contribution in [0.4, 0.5) is 0 Å². The smallest absolute Gasteiger partial charge is 0.240 e. The van der Waals surface area contributed by atoms with Crippen LogP contribution in [0.15, 0.2) is 15.4 Å². The third kappa shape index (κ3) is 2.60. The fourth-order valence-corrected chi connectivity index (χ4v) is 1.58. The lowest BCUT2D eigenvalue weighted by Gasteiger charge is -2.02. The van der Waals surface area contributed by atoms with Gasteiger partial charge in [-0.15, -0.1) is 11.3 Å². The van der Waals surface area contributed by atoms with E-state index in [0.717, 1.165) is 5.69 Å². The van der Waals surface area contributed by atoms with Gasteiger partial charge in [0.05, 0.1) is 12.1 Å². The van der Waals surface area contributed by atoms with Crippen LogP contribution in [0.5, 0.6) is 0 Å². The van der Waals surface area contributed by atoms with E-state index in [1.165, 1.54) is 11.3 Å². The van der Waals surface area contributed by atoms with Gasteiger partial charge in [-0.2, -0.15) is 4.98 Å². The molecule has 6 heteroatoms. The van der Waals surface area contributed by atoms with Gasteiger partial charge < -0.3 is 9.84 Å². The van der Waals surface area contributed by atoms with Crippen molar-refractivity contribution in [3.05, 3.63) is 16.8 Å². The van der Waals surface area contributed by atoms with Crippen molar-refractivity contribution in [2.24, 2.45) is 0 Å². The molecule has 0 atom stereocenters. The summed E-state index contributed by atoms with van der Waals surface area (Å²) in [6, 6.07) is 0.402. The summed E-state index contributed by atoms with van der Waals surface area (Å²) in [7, 11) is 0. The van der Waals surface area contributed by atoms with E-state index >= 15 is 0 Å². The number of nitrogens with one attached hydrogen (secondary N) is 1. The van der Waals surface area contributed by atoms with Gasteiger partial charge in [0.1, 0.15) is 5.69 Å². The highest BCUT2D eigenvalue weighted by molar-refractivity contribution is 7.07. The van der Waals surface area contributed by atoms with Gasteiger partial charge in [-0.05, 0) is 0 Å². The highest BCUT2D eigenvalue weighted by Gasteiger charge is 2.09. The summed E-state index contributed by atoms with van der Waals surface area (Å²) < 4.78 is 5.08. The van der Waals surface area contributed by atoms with Gasteiger partial charge in [0.25, 0.3) is 0 Å². The van der Waals surface area contributed by atoms with Gasteiger partial charge in [-0.3, -0.25) is 0 Å². The molecule has 2 aromatic rings. The predicted molar refractivity (Wildman–Crippen MR) is 57.4 cm³/mol. The Morgan fingerprint density at radius 1 is 1.53 bits per heavy atom. The van der Waals surface area contributed by atoms with Crippen molar-refractivity contribution in [1.29, 1.82) is 0 Å². The van der Waals surface area contributed by atoms with Crippen LogP contribution in [-0.4, -0.2) is 21.2 Å². The van der Waals surface area contributed by atoms with Gasteiger partial charge in [0, 0.05) is 11.4 Å². The second kappa shape index (κ2) is 4.50. The molecule has 0 aliphatic rings. The zero-order valence-corrected chi connectivity index (χ0v) is 9.41. The molecule has 0 unspecified atom stereocenters. The zero-order chi connectivity index (χ0) is 10.7. The zero-order valence-electron chi connectivity index (χ0n) is 8.60. The SMILES string of the molecule is CC(C)NCc1nc(-c2cscn2)no1. The largest absolute Gasteiger partial charge is 0.337 e. The number of hydrogen-bond acceptors (Lipinski definition) is 6. The lowest BCUT2D eigenvalue weighted by atomic mass is 10.4. The van der Waals surface area contributed by atoms with E-state index in [0.29, 0.717) is 24.3 Å². The van der Waals surface area contributed by atoms with E-state index in [4.69, 9.17) is 4.52 Å². The Bertz CT molecular complexity index is 409. The normalized spacial score (nSPS) is 11.1. The van der Waals surface area contributed by atoms with Gasteiger partial charge in [0.15, 0.2) is 0 Å². The van der Waals surface area contributed by atoms with Gasteiger partial charge in [-0.1, -0.05) is 19.0 Å². The molecule has 0 radical (unpaired) electrons. The molecule has 0 amide bonds. The van der Waals surface area contributed by atoms with E-state index in [9.17, 15) is 0 Å². The molecule has 80 valence electrons. The summed E-state index contributed by atoms with van der Waals surface area (Å²) in [5.41, 5.74) is 2.51. The maximum Gasteiger partial charge on any atom is 0.240 e. The molecule has 15 heavy (non-hydrogen) atoms. The van der Waals surface area contributed by atoms with Gasteiger partial charge in [-0.25, -0.2) is 4.98 Å². The first-order chi connectivity index (χ1) is 7.25. The minimum absolute atomic E-state index is 0.402. The standard InChI is InChI=1S/C9H12N4OS/c1-6(2)10-3-8-12-9(13-14-8)7-4-15-5-11-7/h4-6,10H,3H2,1-2H3. The van der Waals surface area contributed by atoms with Gasteiger partial charge >= 0.3 is 0 Å². The molecule has 2 rings (SSSR count). The van der Waals surface area contributed by atoms with Crippen LogP contribution in [0.3, 0.4) is 0 Å². The molecule has 0 fully saturated rings. The average molecular weight is 224 g/mol. The van der Waals surface area contributed by atoms with Crippen molar-refractivity contribution >= 4 is 11.3 Å². The van der Waals surface area contributed by atoms with Gasteiger partial charge in [0.2, 0.25) is 11.7 Å². The molecule has 0 spiro atoms. The minimum atomic E-state index is 0.402. The molecular weight excluding hydrogens is 212 g/mol. The summed E-state index contributed by atoms with van der Waals surface area (Å²) in [4.78, 5) is 8.34. The van der Waals surface area contributed by atoms with Crippen molar-refractivity contribution < 1.29 is 4.52 Å². The fourth-order valence-electron chi connectivity index (χ4n) is 1.05. The number of nitrogens with zero attached hydrogens (tertiary/aromatic N) is 3. The molecule has 0 saturated heterocycles. The molecule has 0 aromatic carbocycles. The van der Waals surface area contributed by atoms with E-state index < -0.39 is 0 Å². The molecule has 0 aliphatic heterocycles. The first-order valence-corrected chi connectivity index (χ1v) is 5.64. The first-order valence-electron chi connectivity index (χ1n) is 4.70. The summed E-state index contributed by atoms with van der Waals surface area (Å²) in [6.07, 6.45) is 0. The maximum absolute atomic E-state index is 5.08. The average Bonchev–Trinajstić information content (AvgIpc) is 2.85. The Morgan fingerprint density at radius 3 is 3.07 bits per heavy atom. The maximum atomic E-state index is 5.08. The van der Waals surface area contributed by atoms with Crippen LogP contribution in [0.25, 0.3) is 11.5 Å². The highest BCUT2D eigenvalue weighted by Crippen LogP contribution is 2.14. The number of rotatable bonds is 4. The van der Waals surface area contributed by atoms with Crippen molar-refractivity contribution in [1.82, 2.24) is 20.4 Å². The van der Waals surface area contributed by atoms with E-state index in [1.54, 1.807) is 5.51 Å². The number of thiazole rings is 1. The Balaban J connectivity index is 2.04. The summed E-state index contributed by atoms with van der Waals surface area (Å²) in [5.74, 6) is 1.14. The minimum Gasteiger partial charge on any atom is -0.337 e. The first kappa shape index (κ1) is 10.3. The molecule has 0 bridgehead atoms. The molecule has 0 aliphatic carbocycles. The summed E-state index contributed by atoms with van der Waals surface area (Å²) in [6.45, 7) is 4.73. The van der Waals surface area contributed by atoms with Crippen LogP contribution < -0.4 is 5.32 Å². The van der Waals surface area contributed by atoms with Crippen molar-refractivity contribution in [2.75, 3.05) is 0 Å². The predicted octanol–water partition coefficient (Wildman–Crippen LogP) is 1.69. The topological polar surface area (TPSA) is 63.8 Å². The number of aromatic nitrogens is 3. The second-order valence-electron chi connectivity index (χ2n) is 3.42. The molecule has 5 nitrogen and oxygen atoms in total. The highest BCUT2D eigenvalue weighted by atomic mass is 32.1. The van der Waals surface area contributed by atoms with E-state index in [2.05, 4.69) is 34.3 Å². The molecule has 0 saturated carbocycles. The van der Waals surface area contributed by atoms with Crippen LogP contribution in [0.2, 0.25) is 0 Å². The van der Waals surface area contributed by atoms with Crippen molar-refractivity contribution in [3.63, 3.8) is 0 Å². The third-order valence-corrected chi connectivity index (χ3v) is 2.38. The van der Waals surface area contributed by atoms with E-state index in [1.807, 2.05) is 5.38 Å². The fraction of sp³-hybridized carbons (Fsp3) is 0.444. The van der Waals surface area contributed by atoms with Crippen molar-refractivity contribution in [2.45, 2.75) is 26.4 Å². The quantitative estimate of drug-likeness (QED) is 0.856. The third-order valence-electron chi connectivity index (χ3n) is 1.79. The van der Waals surface area contributed by atoms with E-state index in [-0.39, 0.29) is 0 Å². The summed E-state index contributed by atoms with van der Waals surface area (Å²) in [5, 5.41) is 8.95. The molecule has 2 aromatic heterocycles. The number of hydrogen-bond donors (Lipinski definition) is 1. The molecule has 2 heterocycles. The lowest BCUT2D eigenvalue weighted by molar-refractivity contribution is 0.362. The van der Waals surface area contributed by atoms with Crippen LogP contribution >= 0.6 is 11.3 Å². The van der Waals surface area contributed by atoms with Crippen LogP contribution in [0, 0.1) is 0 Å². The Morgan fingerprint density at radius 2 is 2.40 bits per heavy atom. The van der Waals surface area contributed by atoms with Crippen LogP contribution in [-0.2, 0) is 6.54 Å². The van der Waals surface area contributed by atoms with Crippen LogP contribution in [0.1, 0.15) is 19.7 Å². The Labute approximate surface area is 91.5 Å².